The Morgan fingerprint density at radius 2 is 2.00 bits per heavy atom. The van der Waals surface area contributed by atoms with E-state index in [9.17, 15) is 0 Å². The minimum Gasteiger partial charge on any atom is -0.371 e. The van der Waals surface area contributed by atoms with E-state index >= 15 is 0 Å². The summed E-state index contributed by atoms with van der Waals surface area (Å²) in [4.78, 5) is 2.66. The summed E-state index contributed by atoms with van der Waals surface area (Å²) in [6, 6.07) is 0.627. The molecule has 2 aliphatic heterocycles. The number of hydrogen-bond acceptors (Lipinski definition) is 3. The van der Waals surface area contributed by atoms with Gasteiger partial charge in [0, 0.05) is 31.2 Å². The van der Waals surface area contributed by atoms with Crippen molar-refractivity contribution in [1.29, 1.82) is 0 Å². The average Bonchev–Trinajstić information content (AvgIpc) is 2.70. The second-order valence-electron chi connectivity index (χ2n) is 8.13. The number of piperazine rings is 1. The molecule has 20 heavy (non-hydrogen) atoms. The van der Waals surface area contributed by atoms with Gasteiger partial charge >= 0.3 is 0 Å². The molecule has 2 aliphatic rings. The van der Waals surface area contributed by atoms with E-state index in [0.29, 0.717) is 12.1 Å². The normalized spacial score (nSPS) is 35.1. The van der Waals surface area contributed by atoms with Gasteiger partial charge in [0.25, 0.3) is 0 Å². The van der Waals surface area contributed by atoms with Crippen LogP contribution in [0, 0.1) is 5.92 Å². The van der Waals surface area contributed by atoms with Gasteiger partial charge < -0.3 is 10.1 Å². The molecule has 3 atom stereocenters. The predicted octanol–water partition coefficient (Wildman–Crippen LogP) is 3.04. The quantitative estimate of drug-likeness (QED) is 0.858. The summed E-state index contributed by atoms with van der Waals surface area (Å²) in [5.74, 6) is 0.745. The van der Waals surface area contributed by atoms with Gasteiger partial charge in [-0.25, -0.2) is 0 Å². The Labute approximate surface area is 125 Å². The Bertz CT molecular complexity index is 327. The molecule has 0 spiro atoms. The van der Waals surface area contributed by atoms with Crippen molar-refractivity contribution in [3.8, 4) is 0 Å². The third-order valence-electron chi connectivity index (χ3n) is 5.38. The number of nitrogens with one attached hydrogen (secondary N) is 1. The van der Waals surface area contributed by atoms with Crippen LogP contribution in [0.25, 0.3) is 0 Å². The second kappa shape index (κ2) is 5.94. The highest BCUT2D eigenvalue weighted by Gasteiger charge is 2.39. The molecule has 0 radical (unpaired) electrons. The fraction of sp³-hybridized carbons (Fsp3) is 1.00. The minimum atomic E-state index is 0.0823. The first-order valence-corrected chi connectivity index (χ1v) is 8.40. The molecule has 0 aliphatic carbocycles. The zero-order chi connectivity index (χ0) is 15.0. The maximum atomic E-state index is 6.20. The van der Waals surface area contributed by atoms with Gasteiger partial charge in [-0.05, 0) is 46.5 Å². The van der Waals surface area contributed by atoms with Crippen LogP contribution in [-0.4, -0.2) is 47.8 Å². The van der Waals surface area contributed by atoms with Crippen molar-refractivity contribution >= 4 is 0 Å². The topological polar surface area (TPSA) is 24.5 Å². The predicted molar refractivity (Wildman–Crippen MR) is 85.1 cm³/mol. The molecule has 1 N–H and O–H groups in total. The van der Waals surface area contributed by atoms with E-state index in [1.54, 1.807) is 0 Å². The van der Waals surface area contributed by atoms with Crippen LogP contribution in [0.1, 0.15) is 60.8 Å². The van der Waals surface area contributed by atoms with Crippen LogP contribution in [0.5, 0.6) is 0 Å². The number of nitrogens with zero attached hydrogens (tertiary/aromatic N) is 1. The third-order valence-corrected chi connectivity index (χ3v) is 5.38. The Kier molecular flexibility index (Phi) is 4.83. The van der Waals surface area contributed by atoms with E-state index in [1.165, 1.54) is 19.3 Å². The average molecular weight is 282 g/mol. The standard InChI is InChI=1S/C17H34N2O/c1-7-13(2)15-11-19(16(3,4)12-18-15)10-14-8-9-17(5,6)20-14/h13-15,18H,7-12H2,1-6H3. The molecule has 0 amide bonds. The summed E-state index contributed by atoms with van der Waals surface area (Å²) >= 11 is 0. The number of ether oxygens (including phenoxy) is 1. The molecule has 0 bridgehead atoms. The van der Waals surface area contributed by atoms with Gasteiger partial charge in [0.2, 0.25) is 0 Å². The maximum Gasteiger partial charge on any atom is 0.0710 e. The van der Waals surface area contributed by atoms with E-state index in [0.717, 1.165) is 25.6 Å². The van der Waals surface area contributed by atoms with E-state index in [2.05, 4.69) is 51.8 Å². The molecular formula is C17H34N2O. The lowest BCUT2D eigenvalue weighted by Crippen LogP contribution is -2.64. The van der Waals surface area contributed by atoms with Crippen molar-refractivity contribution in [2.45, 2.75) is 84.1 Å². The van der Waals surface area contributed by atoms with E-state index in [1.807, 2.05) is 0 Å². The lowest BCUT2D eigenvalue weighted by molar-refractivity contribution is -0.0517. The third kappa shape index (κ3) is 3.75. The molecule has 3 nitrogen and oxygen atoms in total. The molecule has 0 aromatic rings. The molecule has 0 saturated carbocycles. The van der Waals surface area contributed by atoms with Crippen LogP contribution >= 0.6 is 0 Å². The molecule has 0 aromatic heterocycles. The number of hydrogen-bond donors (Lipinski definition) is 1. The minimum absolute atomic E-state index is 0.0823. The van der Waals surface area contributed by atoms with E-state index < -0.39 is 0 Å². The van der Waals surface area contributed by atoms with Gasteiger partial charge in [0.1, 0.15) is 0 Å². The molecule has 3 unspecified atom stereocenters. The van der Waals surface area contributed by atoms with Crippen LogP contribution in [-0.2, 0) is 4.74 Å². The highest BCUT2D eigenvalue weighted by molar-refractivity contribution is 4.96. The fourth-order valence-corrected chi connectivity index (χ4v) is 3.48. The summed E-state index contributed by atoms with van der Waals surface area (Å²) in [6.45, 7) is 17.1. The van der Waals surface area contributed by atoms with Gasteiger partial charge in [-0.3, -0.25) is 4.90 Å². The lowest BCUT2D eigenvalue weighted by atomic mass is 9.90. The zero-order valence-electron chi connectivity index (χ0n) is 14.3. The SMILES string of the molecule is CCC(C)C1CN(CC2CCC(C)(C)O2)C(C)(C)CN1. The van der Waals surface area contributed by atoms with Crippen LogP contribution in [0.4, 0.5) is 0 Å². The molecule has 2 saturated heterocycles. The maximum absolute atomic E-state index is 6.20. The first-order chi connectivity index (χ1) is 9.23. The Morgan fingerprint density at radius 3 is 2.55 bits per heavy atom. The van der Waals surface area contributed by atoms with Crippen LogP contribution in [0.3, 0.4) is 0 Å². The highest BCUT2D eigenvalue weighted by atomic mass is 16.5. The van der Waals surface area contributed by atoms with Gasteiger partial charge in [0.05, 0.1) is 11.7 Å². The summed E-state index contributed by atoms with van der Waals surface area (Å²) in [5.41, 5.74) is 0.318. The molecule has 118 valence electrons. The van der Waals surface area contributed by atoms with Crippen LogP contribution < -0.4 is 5.32 Å². The summed E-state index contributed by atoms with van der Waals surface area (Å²) in [6.07, 6.45) is 4.07. The molecular weight excluding hydrogens is 248 g/mol. The Balaban J connectivity index is 1.96. The van der Waals surface area contributed by atoms with Crippen molar-refractivity contribution < 1.29 is 4.74 Å². The lowest BCUT2D eigenvalue weighted by Gasteiger charge is -2.48. The molecule has 2 heterocycles. The van der Waals surface area contributed by atoms with Crippen LogP contribution in [0.15, 0.2) is 0 Å². The highest BCUT2D eigenvalue weighted by Crippen LogP contribution is 2.32. The van der Waals surface area contributed by atoms with E-state index in [4.69, 9.17) is 4.74 Å². The molecule has 3 heteroatoms. The number of rotatable bonds is 4. The first-order valence-electron chi connectivity index (χ1n) is 8.40. The van der Waals surface area contributed by atoms with Gasteiger partial charge in [0.15, 0.2) is 0 Å². The molecule has 2 rings (SSSR count). The van der Waals surface area contributed by atoms with Crippen molar-refractivity contribution in [3.05, 3.63) is 0 Å². The van der Waals surface area contributed by atoms with Gasteiger partial charge in [-0.15, -0.1) is 0 Å². The summed E-state index contributed by atoms with van der Waals surface area (Å²) in [5, 5.41) is 3.75. The Morgan fingerprint density at radius 1 is 1.30 bits per heavy atom. The first kappa shape index (κ1) is 16.3. The van der Waals surface area contributed by atoms with Crippen molar-refractivity contribution in [3.63, 3.8) is 0 Å². The molecule has 0 aromatic carbocycles. The van der Waals surface area contributed by atoms with Crippen molar-refractivity contribution in [2.75, 3.05) is 19.6 Å². The summed E-state index contributed by atoms with van der Waals surface area (Å²) in [7, 11) is 0. The van der Waals surface area contributed by atoms with Gasteiger partial charge in [-0.1, -0.05) is 20.3 Å². The van der Waals surface area contributed by atoms with Crippen molar-refractivity contribution in [1.82, 2.24) is 10.2 Å². The Hall–Kier alpha value is -0.120. The largest absolute Gasteiger partial charge is 0.371 e. The van der Waals surface area contributed by atoms with Gasteiger partial charge in [-0.2, -0.15) is 0 Å². The summed E-state index contributed by atoms with van der Waals surface area (Å²) < 4.78 is 6.20. The van der Waals surface area contributed by atoms with Crippen LogP contribution in [0.2, 0.25) is 0 Å². The van der Waals surface area contributed by atoms with E-state index in [-0.39, 0.29) is 11.1 Å². The molecule has 2 fully saturated rings. The smallest absolute Gasteiger partial charge is 0.0710 e. The monoisotopic (exact) mass is 282 g/mol. The fourth-order valence-electron chi connectivity index (χ4n) is 3.48. The van der Waals surface area contributed by atoms with Crippen molar-refractivity contribution in [2.24, 2.45) is 5.92 Å². The second-order valence-corrected chi connectivity index (χ2v) is 8.13. The zero-order valence-corrected chi connectivity index (χ0v) is 14.3.